The van der Waals surface area contributed by atoms with Crippen LogP contribution in [-0.2, 0) is 6.54 Å². The van der Waals surface area contributed by atoms with Crippen molar-refractivity contribution in [3.8, 4) is 5.75 Å². The number of nitrogens with zero attached hydrogens (tertiary/aromatic N) is 2. The highest BCUT2D eigenvalue weighted by atomic mass is 35.5. The number of halogens is 1. The standard InChI is InChI=1S/C14H14ClN3O2/c1-9-5-11(18-8-17-9)7-16-14(19)12-6-10(15)3-4-13(12)20-2/h3-6,8H,7H2,1-2H3,(H,16,19). The summed E-state index contributed by atoms with van der Waals surface area (Å²) in [6, 6.07) is 6.72. The van der Waals surface area contributed by atoms with E-state index in [-0.39, 0.29) is 5.91 Å². The molecule has 0 bridgehead atoms. The van der Waals surface area contributed by atoms with Gasteiger partial charge in [0.05, 0.1) is 24.9 Å². The summed E-state index contributed by atoms with van der Waals surface area (Å²) in [6.07, 6.45) is 1.47. The largest absolute Gasteiger partial charge is 0.496 e. The van der Waals surface area contributed by atoms with Gasteiger partial charge in [0, 0.05) is 10.7 Å². The molecule has 0 saturated heterocycles. The van der Waals surface area contributed by atoms with E-state index in [0.29, 0.717) is 22.9 Å². The zero-order valence-corrected chi connectivity index (χ0v) is 11.9. The second-order valence-electron chi connectivity index (χ2n) is 4.18. The Kier molecular flexibility index (Phi) is 4.53. The van der Waals surface area contributed by atoms with Crippen molar-refractivity contribution in [3.63, 3.8) is 0 Å². The zero-order chi connectivity index (χ0) is 14.5. The van der Waals surface area contributed by atoms with Crippen molar-refractivity contribution >= 4 is 17.5 Å². The first-order valence-corrected chi connectivity index (χ1v) is 6.37. The highest BCUT2D eigenvalue weighted by Crippen LogP contribution is 2.22. The van der Waals surface area contributed by atoms with Crippen LogP contribution >= 0.6 is 11.6 Å². The molecular formula is C14H14ClN3O2. The zero-order valence-electron chi connectivity index (χ0n) is 11.2. The second-order valence-corrected chi connectivity index (χ2v) is 4.61. The van der Waals surface area contributed by atoms with Crippen LogP contribution in [0.25, 0.3) is 0 Å². The van der Waals surface area contributed by atoms with Gasteiger partial charge in [0.15, 0.2) is 0 Å². The molecule has 104 valence electrons. The quantitative estimate of drug-likeness (QED) is 0.939. The van der Waals surface area contributed by atoms with Crippen molar-refractivity contribution in [2.75, 3.05) is 7.11 Å². The molecule has 20 heavy (non-hydrogen) atoms. The Morgan fingerprint density at radius 2 is 2.15 bits per heavy atom. The lowest BCUT2D eigenvalue weighted by atomic mass is 10.2. The number of aromatic nitrogens is 2. The highest BCUT2D eigenvalue weighted by molar-refractivity contribution is 6.31. The predicted octanol–water partition coefficient (Wildman–Crippen LogP) is 2.38. The van der Waals surface area contributed by atoms with E-state index in [2.05, 4.69) is 15.3 Å². The molecule has 0 aliphatic heterocycles. The van der Waals surface area contributed by atoms with Gasteiger partial charge >= 0.3 is 0 Å². The van der Waals surface area contributed by atoms with Gasteiger partial charge in [-0.25, -0.2) is 9.97 Å². The summed E-state index contributed by atoms with van der Waals surface area (Å²) >= 11 is 5.90. The number of hydrogen-bond acceptors (Lipinski definition) is 4. The number of nitrogens with one attached hydrogen (secondary N) is 1. The number of carbonyl (C=O) groups excluding carboxylic acids is 1. The molecule has 0 radical (unpaired) electrons. The Balaban J connectivity index is 2.10. The predicted molar refractivity (Wildman–Crippen MR) is 75.9 cm³/mol. The van der Waals surface area contributed by atoms with Crippen LogP contribution in [-0.4, -0.2) is 23.0 Å². The first kappa shape index (κ1) is 14.3. The fourth-order valence-corrected chi connectivity index (χ4v) is 1.90. The molecule has 1 amide bonds. The minimum absolute atomic E-state index is 0.263. The minimum Gasteiger partial charge on any atom is -0.496 e. The highest BCUT2D eigenvalue weighted by Gasteiger charge is 2.12. The summed E-state index contributed by atoms with van der Waals surface area (Å²) in [5.41, 5.74) is 1.99. The number of hydrogen-bond donors (Lipinski definition) is 1. The van der Waals surface area contributed by atoms with Gasteiger partial charge in [-0.2, -0.15) is 0 Å². The molecule has 0 fully saturated rings. The fraction of sp³-hybridized carbons (Fsp3) is 0.214. The van der Waals surface area contributed by atoms with Crippen molar-refractivity contribution < 1.29 is 9.53 Å². The minimum atomic E-state index is -0.263. The summed E-state index contributed by atoms with van der Waals surface area (Å²) in [5, 5.41) is 3.26. The maximum atomic E-state index is 12.1. The molecule has 0 atom stereocenters. The number of amides is 1. The Morgan fingerprint density at radius 1 is 1.35 bits per heavy atom. The lowest BCUT2D eigenvalue weighted by molar-refractivity contribution is 0.0947. The topological polar surface area (TPSA) is 64.1 Å². The van der Waals surface area contributed by atoms with E-state index < -0.39 is 0 Å². The lowest BCUT2D eigenvalue weighted by Gasteiger charge is -2.09. The van der Waals surface area contributed by atoms with Crippen LogP contribution in [0.5, 0.6) is 5.75 Å². The van der Waals surface area contributed by atoms with Crippen molar-refractivity contribution in [2.24, 2.45) is 0 Å². The smallest absolute Gasteiger partial charge is 0.255 e. The van der Waals surface area contributed by atoms with Gasteiger partial charge in [0.25, 0.3) is 5.91 Å². The monoisotopic (exact) mass is 291 g/mol. The molecule has 1 aromatic heterocycles. The van der Waals surface area contributed by atoms with Gasteiger partial charge in [-0.05, 0) is 31.2 Å². The van der Waals surface area contributed by atoms with Crippen molar-refractivity contribution in [3.05, 3.63) is 52.6 Å². The summed E-state index contributed by atoms with van der Waals surface area (Å²) in [7, 11) is 1.51. The van der Waals surface area contributed by atoms with E-state index >= 15 is 0 Å². The first-order chi connectivity index (χ1) is 9.60. The SMILES string of the molecule is COc1ccc(Cl)cc1C(=O)NCc1cc(C)ncn1. The van der Waals surface area contributed by atoms with E-state index in [9.17, 15) is 4.79 Å². The molecule has 0 aliphatic carbocycles. The summed E-state index contributed by atoms with van der Waals surface area (Å²) in [6.45, 7) is 2.19. The molecular weight excluding hydrogens is 278 g/mol. The van der Waals surface area contributed by atoms with Crippen LogP contribution < -0.4 is 10.1 Å². The van der Waals surface area contributed by atoms with Gasteiger partial charge in [-0.3, -0.25) is 4.79 Å². The number of ether oxygens (including phenoxy) is 1. The fourth-order valence-electron chi connectivity index (χ4n) is 1.73. The maximum Gasteiger partial charge on any atom is 0.255 e. The van der Waals surface area contributed by atoms with Crippen molar-refractivity contribution in [1.82, 2.24) is 15.3 Å². The third kappa shape index (κ3) is 3.45. The average Bonchev–Trinajstić information content (AvgIpc) is 2.45. The summed E-state index contributed by atoms with van der Waals surface area (Å²) in [5.74, 6) is 0.214. The van der Waals surface area contributed by atoms with Crippen LogP contribution in [0.15, 0.2) is 30.6 Å². The van der Waals surface area contributed by atoms with Crippen LogP contribution in [0.3, 0.4) is 0 Å². The average molecular weight is 292 g/mol. The number of methoxy groups -OCH3 is 1. The molecule has 2 aromatic rings. The summed E-state index contributed by atoms with van der Waals surface area (Å²) < 4.78 is 5.15. The molecule has 5 nitrogen and oxygen atoms in total. The van der Waals surface area contributed by atoms with E-state index in [4.69, 9.17) is 16.3 Å². The Labute approximate surface area is 122 Å². The van der Waals surface area contributed by atoms with E-state index in [0.717, 1.165) is 11.4 Å². The Bertz CT molecular complexity index is 632. The third-order valence-corrected chi connectivity index (χ3v) is 2.93. The van der Waals surface area contributed by atoms with Crippen LogP contribution in [0.2, 0.25) is 5.02 Å². The molecule has 6 heteroatoms. The molecule has 0 aliphatic rings. The van der Waals surface area contributed by atoms with Gasteiger partial charge in [0.1, 0.15) is 12.1 Å². The van der Waals surface area contributed by atoms with E-state index in [1.165, 1.54) is 13.4 Å². The second kappa shape index (κ2) is 6.34. The molecule has 2 rings (SSSR count). The Morgan fingerprint density at radius 3 is 2.85 bits per heavy atom. The molecule has 0 saturated carbocycles. The van der Waals surface area contributed by atoms with E-state index in [1.807, 2.05) is 13.0 Å². The van der Waals surface area contributed by atoms with Crippen LogP contribution in [0, 0.1) is 6.92 Å². The lowest BCUT2D eigenvalue weighted by Crippen LogP contribution is -2.24. The number of aryl methyl sites for hydroxylation is 1. The molecule has 0 unspecified atom stereocenters. The molecule has 0 spiro atoms. The number of benzene rings is 1. The van der Waals surface area contributed by atoms with Gasteiger partial charge in [-0.15, -0.1) is 0 Å². The number of carbonyl (C=O) groups is 1. The number of rotatable bonds is 4. The summed E-state index contributed by atoms with van der Waals surface area (Å²) in [4.78, 5) is 20.2. The van der Waals surface area contributed by atoms with Crippen molar-refractivity contribution in [1.29, 1.82) is 0 Å². The first-order valence-electron chi connectivity index (χ1n) is 5.99. The van der Waals surface area contributed by atoms with Gasteiger partial charge in [-0.1, -0.05) is 11.6 Å². The van der Waals surface area contributed by atoms with E-state index in [1.54, 1.807) is 18.2 Å². The van der Waals surface area contributed by atoms with Gasteiger partial charge in [0.2, 0.25) is 0 Å². The van der Waals surface area contributed by atoms with Crippen LogP contribution in [0.4, 0.5) is 0 Å². The normalized spacial score (nSPS) is 10.2. The molecule has 1 aromatic carbocycles. The Hall–Kier alpha value is -2.14. The molecule has 1 heterocycles. The van der Waals surface area contributed by atoms with Gasteiger partial charge < -0.3 is 10.1 Å². The maximum absolute atomic E-state index is 12.1. The third-order valence-electron chi connectivity index (χ3n) is 2.70. The van der Waals surface area contributed by atoms with Crippen molar-refractivity contribution in [2.45, 2.75) is 13.5 Å². The van der Waals surface area contributed by atoms with Crippen LogP contribution in [0.1, 0.15) is 21.7 Å². The molecule has 1 N–H and O–H groups in total.